The fourth-order valence-electron chi connectivity index (χ4n) is 2.77. The monoisotopic (exact) mass is 413 g/mol. The molecule has 0 saturated carbocycles. The lowest BCUT2D eigenvalue weighted by Gasteiger charge is -2.19. The van der Waals surface area contributed by atoms with E-state index in [4.69, 9.17) is 0 Å². The average Bonchev–Trinajstić information content (AvgIpc) is 2.73. The highest BCUT2D eigenvalue weighted by molar-refractivity contribution is 7.89. The molecule has 1 aromatic heterocycles. The van der Waals surface area contributed by atoms with E-state index in [1.165, 1.54) is 12.1 Å². The molecule has 0 radical (unpaired) electrons. The molecule has 1 unspecified atom stereocenters. The van der Waals surface area contributed by atoms with Crippen LogP contribution < -0.4 is 10.0 Å². The minimum atomic E-state index is -4.24. The lowest BCUT2D eigenvalue weighted by molar-refractivity contribution is -0.122. The van der Waals surface area contributed by atoms with Crippen LogP contribution in [0.1, 0.15) is 11.1 Å². The zero-order valence-corrected chi connectivity index (χ0v) is 16.3. The van der Waals surface area contributed by atoms with Crippen LogP contribution >= 0.6 is 0 Å². The molecule has 3 aromatic rings. The van der Waals surface area contributed by atoms with Crippen LogP contribution in [0.3, 0.4) is 0 Å². The number of aromatic nitrogens is 1. The van der Waals surface area contributed by atoms with E-state index < -0.39 is 32.7 Å². The van der Waals surface area contributed by atoms with E-state index in [9.17, 15) is 17.6 Å². The highest BCUT2D eigenvalue weighted by Crippen LogP contribution is 2.15. The first-order valence-corrected chi connectivity index (χ1v) is 10.4. The van der Waals surface area contributed by atoms with Gasteiger partial charge in [0.2, 0.25) is 15.9 Å². The number of halogens is 1. The number of nitrogens with zero attached hydrogens (tertiary/aromatic N) is 1. The third kappa shape index (κ3) is 5.69. The Balaban J connectivity index is 1.80. The van der Waals surface area contributed by atoms with Gasteiger partial charge in [0.05, 0.1) is 0 Å². The smallest absolute Gasteiger partial charge is 0.244 e. The molecule has 150 valence electrons. The number of sulfonamides is 1. The zero-order valence-electron chi connectivity index (χ0n) is 15.5. The summed E-state index contributed by atoms with van der Waals surface area (Å²) in [6.45, 7) is 0.194. The van der Waals surface area contributed by atoms with Gasteiger partial charge in [0.25, 0.3) is 0 Å². The van der Waals surface area contributed by atoms with Crippen molar-refractivity contribution in [3.8, 4) is 0 Å². The third-order valence-electron chi connectivity index (χ3n) is 4.21. The Hall–Kier alpha value is -3.10. The van der Waals surface area contributed by atoms with E-state index in [2.05, 4.69) is 15.0 Å². The van der Waals surface area contributed by atoms with Gasteiger partial charge in [-0.2, -0.15) is 4.72 Å². The molecule has 3 rings (SSSR count). The van der Waals surface area contributed by atoms with E-state index in [0.717, 1.165) is 23.3 Å². The third-order valence-corrected chi connectivity index (χ3v) is 5.72. The molecule has 0 saturated heterocycles. The first-order valence-electron chi connectivity index (χ1n) is 8.93. The normalized spacial score (nSPS) is 12.3. The summed E-state index contributed by atoms with van der Waals surface area (Å²) in [5, 5.41) is 2.71. The number of benzene rings is 2. The van der Waals surface area contributed by atoms with Crippen LogP contribution in [0, 0.1) is 5.82 Å². The Kier molecular flexibility index (Phi) is 6.69. The molecule has 29 heavy (non-hydrogen) atoms. The molecule has 1 atom stereocenters. The SMILES string of the molecule is O=C(NCc1cccnc1)C(Cc1ccccc1)NS(=O)(=O)c1ccccc1F. The fraction of sp³-hybridized carbons (Fsp3) is 0.143. The van der Waals surface area contributed by atoms with Crippen molar-refractivity contribution in [3.05, 3.63) is 96.1 Å². The lowest BCUT2D eigenvalue weighted by atomic mass is 10.1. The van der Waals surface area contributed by atoms with Gasteiger partial charge in [-0.3, -0.25) is 9.78 Å². The van der Waals surface area contributed by atoms with E-state index in [1.54, 1.807) is 48.8 Å². The van der Waals surface area contributed by atoms with Gasteiger partial charge in [0.1, 0.15) is 16.8 Å². The Morgan fingerprint density at radius 1 is 0.966 bits per heavy atom. The minimum absolute atomic E-state index is 0.118. The van der Waals surface area contributed by atoms with Crippen LogP contribution in [-0.4, -0.2) is 25.4 Å². The number of nitrogens with one attached hydrogen (secondary N) is 2. The number of rotatable bonds is 8. The molecule has 0 bridgehead atoms. The number of carbonyl (C=O) groups excluding carboxylic acids is 1. The lowest BCUT2D eigenvalue weighted by Crippen LogP contribution is -2.47. The Labute approximate surface area is 168 Å². The summed E-state index contributed by atoms with van der Waals surface area (Å²) in [5.41, 5.74) is 1.54. The zero-order chi connectivity index (χ0) is 20.7. The van der Waals surface area contributed by atoms with E-state index in [1.807, 2.05) is 6.07 Å². The molecule has 6 nitrogen and oxygen atoms in total. The molecule has 1 heterocycles. The first kappa shape index (κ1) is 20.6. The van der Waals surface area contributed by atoms with Crippen molar-refractivity contribution in [2.24, 2.45) is 0 Å². The van der Waals surface area contributed by atoms with Gasteiger partial charge >= 0.3 is 0 Å². The van der Waals surface area contributed by atoms with Gasteiger partial charge in [0.15, 0.2) is 0 Å². The van der Waals surface area contributed by atoms with Gasteiger partial charge in [-0.05, 0) is 35.7 Å². The summed E-state index contributed by atoms with van der Waals surface area (Å²) in [7, 11) is -4.24. The summed E-state index contributed by atoms with van der Waals surface area (Å²) < 4.78 is 41.7. The second-order valence-electron chi connectivity index (χ2n) is 6.37. The Bertz CT molecular complexity index is 1060. The summed E-state index contributed by atoms with van der Waals surface area (Å²) >= 11 is 0. The first-order chi connectivity index (χ1) is 14.0. The van der Waals surface area contributed by atoms with Crippen LogP contribution in [0.4, 0.5) is 4.39 Å². The predicted octanol–water partition coefficient (Wildman–Crippen LogP) is 2.43. The molecule has 1 amide bonds. The van der Waals surface area contributed by atoms with Crippen molar-refractivity contribution in [1.82, 2.24) is 15.0 Å². The summed E-state index contributed by atoms with van der Waals surface area (Å²) in [4.78, 5) is 16.2. The van der Waals surface area contributed by atoms with Crippen LogP contribution in [0.2, 0.25) is 0 Å². The van der Waals surface area contributed by atoms with Crippen molar-refractivity contribution < 1.29 is 17.6 Å². The largest absolute Gasteiger partial charge is 0.351 e. The summed E-state index contributed by atoms with van der Waals surface area (Å²) in [6.07, 6.45) is 3.34. The standard InChI is InChI=1S/C21H20FN3O3S/c22-18-10-4-5-11-20(18)29(27,28)25-19(13-16-7-2-1-3-8-16)21(26)24-15-17-9-6-12-23-14-17/h1-12,14,19,25H,13,15H2,(H,24,26). The number of pyridine rings is 1. The topological polar surface area (TPSA) is 88.2 Å². The van der Waals surface area contributed by atoms with Gasteiger partial charge in [-0.25, -0.2) is 12.8 Å². The highest BCUT2D eigenvalue weighted by atomic mass is 32.2. The van der Waals surface area contributed by atoms with Crippen LogP contribution in [0.25, 0.3) is 0 Å². The van der Waals surface area contributed by atoms with E-state index in [0.29, 0.717) is 0 Å². The molecule has 0 aliphatic heterocycles. The second kappa shape index (κ2) is 9.40. The molecule has 0 aliphatic carbocycles. The molecular formula is C21H20FN3O3S. The molecule has 0 fully saturated rings. The van der Waals surface area contributed by atoms with Crippen LogP contribution in [0.15, 0.2) is 84.0 Å². The average molecular weight is 413 g/mol. The molecule has 0 aliphatic rings. The molecule has 2 aromatic carbocycles. The van der Waals surface area contributed by atoms with E-state index in [-0.39, 0.29) is 13.0 Å². The maximum atomic E-state index is 14.0. The molecule has 8 heteroatoms. The van der Waals surface area contributed by atoms with Crippen LogP contribution in [-0.2, 0) is 27.8 Å². The molecule has 2 N–H and O–H groups in total. The minimum Gasteiger partial charge on any atom is -0.351 e. The number of amides is 1. The number of carbonyl (C=O) groups is 1. The van der Waals surface area contributed by atoms with Crippen molar-refractivity contribution >= 4 is 15.9 Å². The van der Waals surface area contributed by atoms with Crippen molar-refractivity contribution in [2.75, 3.05) is 0 Å². The second-order valence-corrected chi connectivity index (χ2v) is 8.06. The van der Waals surface area contributed by atoms with E-state index >= 15 is 0 Å². The quantitative estimate of drug-likeness (QED) is 0.594. The predicted molar refractivity (Wildman–Crippen MR) is 107 cm³/mol. The number of hydrogen-bond donors (Lipinski definition) is 2. The maximum Gasteiger partial charge on any atom is 0.244 e. The van der Waals surface area contributed by atoms with Gasteiger partial charge < -0.3 is 5.32 Å². The van der Waals surface area contributed by atoms with Crippen LogP contribution in [0.5, 0.6) is 0 Å². The van der Waals surface area contributed by atoms with Gasteiger partial charge in [-0.1, -0.05) is 48.5 Å². The Morgan fingerprint density at radius 2 is 1.66 bits per heavy atom. The molecular weight excluding hydrogens is 393 g/mol. The summed E-state index contributed by atoms with van der Waals surface area (Å²) in [5.74, 6) is -1.40. The van der Waals surface area contributed by atoms with Crippen molar-refractivity contribution in [2.45, 2.75) is 23.9 Å². The van der Waals surface area contributed by atoms with Gasteiger partial charge in [-0.15, -0.1) is 0 Å². The van der Waals surface area contributed by atoms with Crippen molar-refractivity contribution in [1.29, 1.82) is 0 Å². The van der Waals surface area contributed by atoms with Gasteiger partial charge in [0, 0.05) is 18.9 Å². The Morgan fingerprint density at radius 3 is 2.34 bits per heavy atom. The summed E-state index contributed by atoms with van der Waals surface area (Å²) in [6, 6.07) is 16.5. The highest BCUT2D eigenvalue weighted by Gasteiger charge is 2.27. The fourth-order valence-corrected chi connectivity index (χ4v) is 4.04. The molecule has 0 spiro atoms. The maximum absolute atomic E-state index is 14.0. The number of hydrogen-bond acceptors (Lipinski definition) is 4. The van der Waals surface area contributed by atoms with Crippen molar-refractivity contribution in [3.63, 3.8) is 0 Å².